The number of hydrogen-bond donors (Lipinski definition) is 1. The standard InChI is InChI=1S/C12H22N2O3/c1-13(2)11(16)17-8-10-4-6-12(9-15)5-3-7-14(10)12/h10,15H,3-9H2,1-2H3/t10-,12+/m0/s1. The van der Waals surface area contributed by atoms with Gasteiger partial charge in [-0.2, -0.15) is 0 Å². The maximum absolute atomic E-state index is 11.4. The predicted molar refractivity (Wildman–Crippen MR) is 63.8 cm³/mol. The molecule has 0 bridgehead atoms. The molecule has 1 N–H and O–H groups in total. The van der Waals surface area contributed by atoms with E-state index in [4.69, 9.17) is 4.74 Å². The van der Waals surface area contributed by atoms with Gasteiger partial charge >= 0.3 is 6.09 Å². The zero-order valence-electron chi connectivity index (χ0n) is 10.7. The van der Waals surface area contributed by atoms with Crippen molar-refractivity contribution in [3.05, 3.63) is 0 Å². The summed E-state index contributed by atoms with van der Waals surface area (Å²) in [5, 5.41) is 9.55. The molecule has 1 amide bonds. The Hall–Kier alpha value is -0.810. The normalized spacial score (nSPS) is 32.5. The summed E-state index contributed by atoms with van der Waals surface area (Å²) in [7, 11) is 3.37. The number of aliphatic hydroxyl groups excluding tert-OH is 1. The molecule has 98 valence electrons. The van der Waals surface area contributed by atoms with E-state index in [2.05, 4.69) is 4.90 Å². The van der Waals surface area contributed by atoms with Gasteiger partial charge in [-0.15, -0.1) is 0 Å². The molecule has 0 aromatic carbocycles. The van der Waals surface area contributed by atoms with Gasteiger partial charge in [0.05, 0.1) is 6.61 Å². The van der Waals surface area contributed by atoms with E-state index in [1.54, 1.807) is 14.1 Å². The molecule has 0 aromatic rings. The monoisotopic (exact) mass is 242 g/mol. The Bertz CT molecular complexity index is 295. The Morgan fingerprint density at radius 2 is 2.29 bits per heavy atom. The average Bonchev–Trinajstić information content (AvgIpc) is 2.84. The van der Waals surface area contributed by atoms with Gasteiger partial charge in [0.25, 0.3) is 0 Å². The molecule has 2 aliphatic rings. The van der Waals surface area contributed by atoms with Gasteiger partial charge in [-0.3, -0.25) is 4.90 Å². The quantitative estimate of drug-likeness (QED) is 0.790. The summed E-state index contributed by atoms with van der Waals surface area (Å²) in [4.78, 5) is 15.2. The second kappa shape index (κ2) is 4.82. The number of ether oxygens (including phenoxy) is 1. The molecular weight excluding hydrogens is 220 g/mol. The van der Waals surface area contributed by atoms with Crippen LogP contribution in [0.4, 0.5) is 4.79 Å². The number of rotatable bonds is 3. The third kappa shape index (κ3) is 2.26. The van der Waals surface area contributed by atoms with Gasteiger partial charge in [-0.05, 0) is 32.2 Å². The van der Waals surface area contributed by atoms with Gasteiger partial charge in [-0.25, -0.2) is 4.79 Å². The summed E-state index contributed by atoms with van der Waals surface area (Å²) in [5.41, 5.74) is -0.0187. The molecule has 0 unspecified atom stereocenters. The molecule has 2 fully saturated rings. The Labute approximate surface area is 102 Å². The molecule has 2 heterocycles. The van der Waals surface area contributed by atoms with E-state index in [-0.39, 0.29) is 24.3 Å². The molecule has 0 saturated carbocycles. The number of carbonyl (C=O) groups excluding carboxylic acids is 1. The van der Waals surface area contributed by atoms with E-state index in [0.717, 1.165) is 32.2 Å². The average molecular weight is 242 g/mol. The second-order valence-corrected chi connectivity index (χ2v) is 5.34. The van der Waals surface area contributed by atoms with E-state index in [1.165, 1.54) is 4.90 Å². The summed E-state index contributed by atoms with van der Waals surface area (Å²) in [6, 6.07) is 0.286. The van der Waals surface area contributed by atoms with E-state index in [1.807, 2.05) is 0 Å². The van der Waals surface area contributed by atoms with Gasteiger partial charge in [0.15, 0.2) is 0 Å². The minimum absolute atomic E-state index is 0.0187. The summed E-state index contributed by atoms with van der Waals surface area (Å²) in [6.07, 6.45) is 3.96. The van der Waals surface area contributed by atoms with Crippen LogP contribution in [0.15, 0.2) is 0 Å². The minimum Gasteiger partial charge on any atom is -0.448 e. The van der Waals surface area contributed by atoms with Crippen molar-refractivity contribution in [2.75, 3.05) is 33.9 Å². The summed E-state index contributed by atoms with van der Waals surface area (Å²) < 4.78 is 5.25. The zero-order chi connectivity index (χ0) is 12.5. The van der Waals surface area contributed by atoms with Crippen LogP contribution in [0.2, 0.25) is 0 Å². The van der Waals surface area contributed by atoms with Crippen LogP contribution in [0.5, 0.6) is 0 Å². The highest BCUT2D eigenvalue weighted by Gasteiger charge is 2.48. The highest BCUT2D eigenvalue weighted by Crippen LogP contribution is 2.41. The lowest BCUT2D eigenvalue weighted by Crippen LogP contribution is -2.46. The first-order valence-corrected chi connectivity index (χ1v) is 6.31. The van der Waals surface area contributed by atoms with Gasteiger partial charge in [0.1, 0.15) is 6.61 Å². The first-order chi connectivity index (χ1) is 8.09. The lowest BCUT2D eigenvalue weighted by molar-refractivity contribution is 0.0447. The second-order valence-electron chi connectivity index (χ2n) is 5.34. The number of fused-ring (bicyclic) bond motifs is 1. The summed E-state index contributed by atoms with van der Waals surface area (Å²) >= 11 is 0. The zero-order valence-corrected chi connectivity index (χ0v) is 10.7. The molecule has 2 atom stereocenters. The third-order valence-electron chi connectivity index (χ3n) is 4.09. The highest BCUT2D eigenvalue weighted by atomic mass is 16.6. The molecule has 2 aliphatic heterocycles. The number of nitrogens with zero attached hydrogens (tertiary/aromatic N) is 2. The first-order valence-electron chi connectivity index (χ1n) is 6.31. The molecule has 2 saturated heterocycles. The lowest BCUT2D eigenvalue weighted by Gasteiger charge is -2.33. The number of amides is 1. The van der Waals surface area contributed by atoms with Crippen LogP contribution >= 0.6 is 0 Å². The molecule has 17 heavy (non-hydrogen) atoms. The third-order valence-corrected chi connectivity index (χ3v) is 4.09. The molecule has 0 aromatic heterocycles. The molecule has 5 heteroatoms. The van der Waals surface area contributed by atoms with Crippen molar-refractivity contribution in [1.82, 2.24) is 9.80 Å². The topological polar surface area (TPSA) is 53.0 Å². The van der Waals surface area contributed by atoms with Crippen molar-refractivity contribution < 1.29 is 14.6 Å². The maximum atomic E-state index is 11.4. The Morgan fingerprint density at radius 1 is 1.53 bits per heavy atom. The fourth-order valence-corrected chi connectivity index (χ4v) is 3.11. The van der Waals surface area contributed by atoms with Crippen molar-refractivity contribution in [2.45, 2.75) is 37.3 Å². The van der Waals surface area contributed by atoms with Gasteiger partial charge < -0.3 is 14.7 Å². The van der Waals surface area contributed by atoms with Crippen molar-refractivity contribution in [2.24, 2.45) is 0 Å². The Balaban J connectivity index is 1.89. The largest absolute Gasteiger partial charge is 0.448 e. The summed E-state index contributed by atoms with van der Waals surface area (Å²) in [6.45, 7) is 1.69. The minimum atomic E-state index is -0.286. The van der Waals surface area contributed by atoms with Crippen LogP contribution in [0.3, 0.4) is 0 Å². The number of aliphatic hydroxyl groups is 1. The van der Waals surface area contributed by atoms with Crippen LogP contribution < -0.4 is 0 Å². The van der Waals surface area contributed by atoms with Gasteiger partial charge in [-0.1, -0.05) is 0 Å². The Kier molecular flexibility index (Phi) is 3.58. The maximum Gasteiger partial charge on any atom is 0.409 e. The van der Waals surface area contributed by atoms with Crippen LogP contribution in [-0.2, 0) is 4.74 Å². The predicted octanol–water partition coefficient (Wildman–Crippen LogP) is 0.674. The van der Waals surface area contributed by atoms with Crippen LogP contribution in [0.25, 0.3) is 0 Å². The van der Waals surface area contributed by atoms with Crippen LogP contribution in [-0.4, -0.2) is 66.4 Å². The molecule has 5 nitrogen and oxygen atoms in total. The van der Waals surface area contributed by atoms with Gasteiger partial charge in [0.2, 0.25) is 0 Å². The van der Waals surface area contributed by atoms with Crippen molar-refractivity contribution in [3.63, 3.8) is 0 Å². The van der Waals surface area contributed by atoms with Crippen LogP contribution in [0.1, 0.15) is 25.7 Å². The summed E-state index contributed by atoms with van der Waals surface area (Å²) in [5.74, 6) is 0. The van der Waals surface area contributed by atoms with E-state index >= 15 is 0 Å². The smallest absolute Gasteiger partial charge is 0.409 e. The fraction of sp³-hybridized carbons (Fsp3) is 0.917. The lowest BCUT2D eigenvalue weighted by atomic mass is 9.95. The Morgan fingerprint density at radius 3 is 2.94 bits per heavy atom. The van der Waals surface area contributed by atoms with E-state index in [0.29, 0.717) is 6.61 Å². The number of hydrogen-bond acceptors (Lipinski definition) is 4. The molecule has 2 rings (SSSR count). The molecular formula is C12H22N2O3. The van der Waals surface area contributed by atoms with Gasteiger partial charge in [0, 0.05) is 25.7 Å². The van der Waals surface area contributed by atoms with Crippen molar-refractivity contribution >= 4 is 6.09 Å². The molecule has 0 aliphatic carbocycles. The van der Waals surface area contributed by atoms with E-state index < -0.39 is 0 Å². The van der Waals surface area contributed by atoms with Crippen molar-refractivity contribution in [3.8, 4) is 0 Å². The molecule has 0 radical (unpaired) electrons. The highest BCUT2D eigenvalue weighted by molar-refractivity contribution is 5.66. The SMILES string of the molecule is CN(C)C(=O)OC[C@@H]1CC[C@@]2(CO)CCCN12. The first kappa shape index (κ1) is 12.6. The fourth-order valence-electron chi connectivity index (χ4n) is 3.11. The van der Waals surface area contributed by atoms with E-state index in [9.17, 15) is 9.90 Å². The number of carbonyl (C=O) groups is 1. The molecule has 0 spiro atoms. The van der Waals surface area contributed by atoms with Crippen molar-refractivity contribution in [1.29, 1.82) is 0 Å². The van der Waals surface area contributed by atoms with Crippen LogP contribution in [0, 0.1) is 0 Å².